The molecule has 0 heterocycles. The van der Waals surface area contributed by atoms with Gasteiger partial charge in [-0.2, -0.15) is 0 Å². The second-order valence-corrected chi connectivity index (χ2v) is 29.5. The Bertz CT molecular complexity index is 2480. The van der Waals surface area contributed by atoms with Crippen LogP contribution in [-0.2, 0) is 0 Å². The molecule has 0 saturated carbocycles. The molecule has 54 heavy (non-hydrogen) atoms. The Hall–Kier alpha value is -4.09. The Labute approximate surface area is 327 Å². The monoisotopic (exact) mass is 740 g/mol. The summed E-state index contributed by atoms with van der Waals surface area (Å²) >= 11 is 0. The van der Waals surface area contributed by atoms with Gasteiger partial charge in [0.2, 0.25) is 0 Å². The Morgan fingerprint density at radius 3 is 1.02 bits per heavy atom. The fraction of sp³-hybridized carbons (Fsp3) is 0.385. The molecule has 0 aliphatic rings. The second-order valence-electron chi connectivity index (χ2n) is 18.3. The summed E-state index contributed by atoms with van der Waals surface area (Å²) in [6.45, 7) is 33.6. The van der Waals surface area contributed by atoms with Crippen LogP contribution in [0.25, 0.3) is 64.6 Å². The molecule has 0 radical (unpaired) electrons. The molecular formula is C52H60Si2. The zero-order valence-electron chi connectivity index (χ0n) is 35.4. The van der Waals surface area contributed by atoms with Crippen LogP contribution in [-0.4, -0.2) is 16.1 Å². The van der Waals surface area contributed by atoms with E-state index in [1.54, 1.807) is 0 Å². The van der Waals surface area contributed by atoms with E-state index in [1.165, 1.54) is 86.9 Å². The van der Waals surface area contributed by atoms with E-state index in [-0.39, 0.29) is 0 Å². The van der Waals surface area contributed by atoms with E-state index < -0.39 is 16.1 Å². The van der Waals surface area contributed by atoms with Crippen molar-refractivity contribution in [3.63, 3.8) is 0 Å². The smallest absolute Gasteiger partial charge is 0.125 e. The van der Waals surface area contributed by atoms with Gasteiger partial charge in [-0.1, -0.05) is 156 Å². The number of hydrogen-bond donors (Lipinski definition) is 0. The lowest BCUT2D eigenvalue weighted by Crippen LogP contribution is -2.43. The third-order valence-corrected chi connectivity index (χ3v) is 26.4. The summed E-state index contributed by atoms with van der Waals surface area (Å²) in [6.07, 6.45) is 0. The van der Waals surface area contributed by atoms with Crippen LogP contribution in [0.5, 0.6) is 0 Å². The highest BCUT2D eigenvalue weighted by Gasteiger charge is 2.43. The van der Waals surface area contributed by atoms with Gasteiger partial charge in [0.25, 0.3) is 0 Å². The van der Waals surface area contributed by atoms with Crippen molar-refractivity contribution < 1.29 is 0 Å². The summed E-state index contributed by atoms with van der Waals surface area (Å²) in [4.78, 5) is 0. The third kappa shape index (κ3) is 5.54. The molecule has 0 spiro atoms. The molecule has 0 aromatic heterocycles. The van der Waals surface area contributed by atoms with Gasteiger partial charge in [0, 0.05) is 11.1 Å². The average Bonchev–Trinajstić information content (AvgIpc) is 3.11. The summed E-state index contributed by atoms with van der Waals surface area (Å²) < 4.78 is 0. The number of hydrogen-bond acceptors (Lipinski definition) is 0. The molecule has 276 valence electrons. The highest BCUT2D eigenvalue weighted by Crippen LogP contribution is 2.47. The van der Waals surface area contributed by atoms with E-state index in [0.29, 0.717) is 33.2 Å². The van der Waals surface area contributed by atoms with E-state index in [2.05, 4.69) is 193 Å². The number of aryl methyl sites for hydroxylation is 2. The van der Waals surface area contributed by atoms with Gasteiger partial charge in [-0.3, -0.25) is 0 Å². The zero-order valence-corrected chi connectivity index (χ0v) is 37.4. The largest absolute Gasteiger partial charge is 0.146 e. The molecule has 0 amide bonds. The Kier molecular flexibility index (Phi) is 9.83. The van der Waals surface area contributed by atoms with Crippen LogP contribution < -0.4 is 0 Å². The Balaban J connectivity index is 1.75. The first-order valence-electron chi connectivity index (χ1n) is 20.6. The van der Waals surface area contributed by atoms with Crippen molar-refractivity contribution in [2.45, 2.75) is 130 Å². The Morgan fingerprint density at radius 1 is 0.370 bits per heavy atom. The molecule has 0 unspecified atom stereocenters. The van der Waals surface area contributed by atoms with Gasteiger partial charge in [-0.15, -0.1) is 11.1 Å². The fourth-order valence-electron chi connectivity index (χ4n) is 11.3. The molecule has 0 N–H and O–H groups in total. The van der Waals surface area contributed by atoms with Gasteiger partial charge in [-0.05, 0) is 135 Å². The topological polar surface area (TPSA) is 0 Å². The number of fused-ring (bicyclic) bond motifs is 4. The summed E-state index contributed by atoms with van der Waals surface area (Å²) in [5, 5.41) is 15.7. The molecular weight excluding hydrogens is 681 g/mol. The minimum Gasteiger partial charge on any atom is -0.125 e. The maximum atomic E-state index is 4.16. The van der Waals surface area contributed by atoms with Crippen molar-refractivity contribution in [1.29, 1.82) is 0 Å². The van der Waals surface area contributed by atoms with Gasteiger partial charge >= 0.3 is 0 Å². The van der Waals surface area contributed by atoms with Gasteiger partial charge in [0.1, 0.15) is 16.1 Å². The van der Waals surface area contributed by atoms with Crippen LogP contribution in [0.15, 0.2) is 72.8 Å². The maximum Gasteiger partial charge on any atom is 0.146 e. The average molecular weight is 741 g/mol. The van der Waals surface area contributed by atoms with Crippen molar-refractivity contribution in [1.82, 2.24) is 0 Å². The number of benzene rings is 7. The van der Waals surface area contributed by atoms with Crippen LogP contribution in [0, 0.1) is 36.8 Å². The van der Waals surface area contributed by atoms with Crippen LogP contribution in [0.2, 0.25) is 33.2 Å². The molecule has 7 rings (SSSR count). The van der Waals surface area contributed by atoms with Crippen LogP contribution in [0.4, 0.5) is 0 Å². The molecule has 0 fully saturated rings. The number of rotatable bonds is 6. The van der Waals surface area contributed by atoms with Crippen molar-refractivity contribution in [3.05, 3.63) is 95.1 Å². The van der Waals surface area contributed by atoms with E-state index in [0.717, 1.165) is 0 Å². The van der Waals surface area contributed by atoms with Gasteiger partial charge in [-0.25, -0.2) is 0 Å². The molecule has 0 atom stereocenters. The molecule has 0 aliphatic heterocycles. The van der Waals surface area contributed by atoms with Crippen LogP contribution >= 0.6 is 0 Å². The third-order valence-electron chi connectivity index (χ3n) is 13.8. The van der Waals surface area contributed by atoms with Gasteiger partial charge in [0.15, 0.2) is 0 Å². The zero-order chi connectivity index (χ0) is 39.0. The summed E-state index contributed by atoms with van der Waals surface area (Å²) in [6, 6.07) is 28.0. The SMILES string of the molecule is Cc1ccc2cccc3c(C#C[Si](C(C)C)(C(C)C)C(C)C)c4cc5c(cc4c1c23)c(C#C[Si](C(C)C)(C(C)C)C(C)C)c1cccc2ccc(C)c5c21. The van der Waals surface area contributed by atoms with Gasteiger partial charge < -0.3 is 0 Å². The molecule has 0 bridgehead atoms. The fourth-order valence-corrected chi connectivity index (χ4v) is 21.7. The van der Waals surface area contributed by atoms with Crippen molar-refractivity contribution in [2.75, 3.05) is 0 Å². The lowest BCUT2D eigenvalue weighted by atomic mass is 9.84. The minimum atomic E-state index is -2.01. The van der Waals surface area contributed by atoms with E-state index >= 15 is 0 Å². The normalized spacial score (nSPS) is 13.0. The molecule has 7 aromatic rings. The standard InChI is InChI=1S/C52H60Si2/c1-31(2)53(32(3)4,33(5)6)27-25-41-43-19-15-17-39-23-21-37(13)49(51(39)43)47-30-46-42(26-28-54(34(7)8,35(9)10)36(11)12)44-20-16-18-40-24-22-38(14)50(52(40)44)48(46)29-45(41)47/h15-24,29-36H,1-14H3. The minimum absolute atomic E-state index is 0.563. The molecule has 2 heteroatoms. The second kappa shape index (κ2) is 13.9. The first-order valence-corrected chi connectivity index (χ1v) is 25.1. The highest BCUT2D eigenvalue weighted by atomic mass is 28.3. The first kappa shape index (κ1) is 38.2. The van der Waals surface area contributed by atoms with Crippen molar-refractivity contribution >= 4 is 80.8 Å². The summed E-state index contributed by atoms with van der Waals surface area (Å²) in [7, 11) is -4.02. The van der Waals surface area contributed by atoms with Crippen LogP contribution in [0.1, 0.15) is 105 Å². The lowest BCUT2D eigenvalue weighted by Gasteiger charge is -2.38. The van der Waals surface area contributed by atoms with Crippen molar-refractivity contribution in [2.24, 2.45) is 0 Å². The maximum absolute atomic E-state index is 4.16. The van der Waals surface area contributed by atoms with E-state index in [1.807, 2.05) is 0 Å². The quantitative estimate of drug-likeness (QED) is 0.0689. The van der Waals surface area contributed by atoms with Crippen molar-refractivity contribution in [3.8, 4) is 22.9 Å². The molecule has 7 aromatic carbocycles. The predicted octanol–water partition coefficient (Wildman–Crippen LogP) is 15.8. The van der Waals surface area contributed by atoms with Crippen LogP contribution in [0.3, 0.4) is 0 Å². The first-order chi connectivity index (χ1) is 25.6. The molecule has 0 aliphatic carbocycles. The van der Waals surface area contributed by atoms with E-state index in [4.69, 9.17) is 0 Å². The molecule has 0 nitrogen and oxygen atoms in total. The van der Waals surface area contributed by atoms with E-state index in [9.17, 15) is 0 Å². The summed E-state index contributed by atoms with van der Waals surface area (Å²) in [5.41, 5.74) is 16.7. The summed E-state index contributed by atoms with van der Waals surface area (Å²) in [5.74, 6) is 8.08. The van der Waals surface area contributed by atoms with Gasteiger partial charge in [0.05, 0.1) is 0 Å². The predicted molar refractivity (Wildman–Crippen MR) is 248 cm³/mol. The molecule has 0 saturated heterocycles. The Morgan fingerprint density at radius 2 is 0.704 bits per heavy atom. The highest BCUT2D eigenvalue weighted by molar-refractivity contribution is 6.91. The lowest BCUT2D eigenvalue weighted by molar-refractivity contribution is 0.838.